The maximum atomic E-state index is 13.3. The van der Waals surface area contributed by atoms with E-state index in [1.807, 2.05) is 30.3 Å². The molecule has 2 aliphatic rings. The van der Waals surface area contributed by atoms with Gasteiger partial charge in [0.25, 0.3) is 0 Å². The molecule has 0 aliphatic carbocycles. The zero-order valence-electron chi connectivity index (χ0n) is 17.5. The van der Waals surface area contributed by atoms with E-state index >= 15 is 0 Å². The number of nitrogens with one attached hydrogen (secondary N) is 3. The molecule has 2 fully saturated rings. The van der Waals surface area contributed by atoms with Gasteiger partial charge >= 0.3 is 0 Å². The van der Waals surface area contributed by atoms with Crippen molar-refractivity contribution < 1.29 is 19.2 Å². The Balaban J connectivity index is 1.55. The average Bonchev–Trinajstić information content (AvgIpc) is 3.54. The number of hydrogen-bond donors (Lipinski definition) is 4. The van der Waals surface area contributed by atoms with E-state index in [0.29, 0.717) is 25.1 Å². The Morgan fingerprint density at radius 3 is 2.72 bits per heavy atom. The van der Waals surface area contributed by atoms with E-state index in [1.165, 1.54) is 11.2 Å². The quantitative estimate of drug-likeness (QED) is 0.463. The van der Waals surface area contributed by atoms with Crippen LogP contribution in [0.2, 0.25) is 0 Å². The minimum Gasteiger partial charge on any atom is -0.368 e. The number of H-pyrrole nitrogens is 1. The minimum atomic E-state index is -0.933. The highest BCUT2D eigenvalue weighted by Gasteiger charge is 2.41. The summed E-state index contributed by atoms with van der Waals surface area (Å²) in [5, 5.41) is 5.54. The second kappa shape index (κ2) is 9.21. The highest BCUT2D eigenvalue weighted by Crippen LogP contribution is 2.28. The summed E-state index contributed by atoms with van der Waals surface area (Å²) < 4.78 is 0. The zero-order chi connectivity index (χ0) is 22.7. The number of benzene rings is 1. The summed E-state index contributed by atoms with van der Waals surface area (Å²) in [5.41, 5.74) is 7.01. The molecular formula is C22H26N6O4. The number of rotatable bonds is 7. The summed E-state index contributed by atoms with van der Waals surface area (Å²) in [6.07, 6.45) is 4.59. The van der Waals surface area contributed by atoms with Crippen molar-refractivity contribution >= 4 is 23.6 Å². The molecule has 2 aliphatic heterocycles. The van der Waals surface area contributed by atoms with Gasteiger partial charge in [-0.3, -0.25) is 19.2 Å². The number of carbonyl (C=O) groups is 4. The molecule has 0 bridgehead atoms. The molecule has 2 aromatic rings. The first-order valence-corrected chi connectivity index (χ1v) is 10.7. The maximum absolute atomic E-state index is 13.3. The fourth-order valence-electron chi connectivity index (χ4n) is 4.51. The van der Waals surface area contributed by atoms with Gasteiger partial charge in [0.1, 0.15) is 18.1 Å². The highest BCUT2D eigenvalue weighted by atomic mass is 16.2. The van der Waals surface area contributed by atoms with E-state index in [1.54, 1.807) is 6.20 Å². The molecule has 1 aromatic heterocycles. The number of aromatic amines is 1. The van der Waals surface area contributed by atoms with E-state index in [-0.39, 0.29) is 30.6 Å². The molecular weight excluding hydrogens is 412 g/mol. The Labute approximate surface area is 184 Å². The molecule has 4 atom stereocenters. The molecule has 5 N–H and O–H groups in total. The van der Waals surface area contributed by atoms with E-state index in [2.05, 4.69) is 20.6 Å². The number of aromatic nitrogens is 2. The van der Waals surface area contributed by atoms with Crippen LogP contribution in [0.1, 0.15) is 36.4 Å². The van der Waals surface area contributed by atoms with Crippen molar-refractivity contribution in [1.29, 1.82) is 0 Å². The Bertz CT molecular complexity index is 993. The van der Waals surface area contributed by atoms with E-state index in [9.17, 15) is 19.2 Å². The van der Waals surface area contributed by atoms with Gasteiger partial charge < -0.3 is 26.3 Å². The molecule has 0 spiro atoms. The van der Waals surface area contributed by atoms with Crippen LogP contribution < -0.4 is 16.4 Å². The molecule has 10 nitrogen and oxygen atoms in total. The molecule has 4 amide bonds. The predicted molar refractivity (Wildman–Crippen MR) is 114 cm³/mol. The van der Waals surface area contributed by atoms with Crippen molar-refractivity contribution in [3.05, 3.63) is 54.1 Å². The van der Waals surface area contributed by atoms with Crippen LogP contribution in [0, 0.1) is 0 Å². The number of primary amides is 1. The Morgan fingerprint density at radius 2 is 2.03 bits per heavy atom. The summed E-state index contributed by atoms with van der Waals surface area (Å²) in [7, 11) is 0. The number of amides is 4. The van der Waals surface area contributed by atoms with Gasteiger partial charge in [-0.05, 0) is 18.4 Å². The van der Waals surface area contributed by atoms with Gasteiger partial charge in [-0.25, -0.2) is 4.98 Å². The van der Waals surface area contributed by atoms with Gasteiger partial charge in [0, 0.05) is 37.2 Å². The first-order chi connectivity index (χ1) is 15.4. The van der Waals surface area contributed by atoms with Gasteiger partial charge in [0.05, 0.1) is 6.33 Å². The maximum Gasteiger partial charge on any atom is 0.246 e. The fraction of sp³-hybridized carbons (Fsp3) is 0.409. The molecule has 3 heterocycles. The molecule has 4 rings (SSSR count). The van der Waals surface area contributed by atoms with Crippen LogP contribution in [0.15, 0.2) is 42.9 Å². The number of nitrogens with zero attached hydrogens (tertiary/aromatic N) is 2. The zero-order valence-corrected chi connectivity index (χ0v) is 17.5. The van der Waals surface area contributed by atoms with Crippen molar-refractivity contribution in [2.24, 2.45) is 5.73 Å². The normalized spacial score (nSPS) is 23.6. The third-order valence-corrected chi connectivity index (χ3v) is 6.09. The first-order valence-electron chi connectivity index (χ1n) is 10.7. The lowest BCUT2D eigenvalue weighted by Crippen LogP contribution is -2.56. The number of nitrogens with two attached hydrogens (primary N) is 1. The third-order valence-electron chi connectivity index (χ3n) is 6.09. The van der Waals surface area contributed by atoms with Crippen molar-refractivity contribution in [2.45, 2.75) is 49.7 Å². The van der Waals surface area contributed by atoms with E-state index in [4.69, 9.17) is 5.73 Å². The lowest BCUT2D eigenvalue weighted by Gasteiger charge is -2.29. The van der Waals surface area contributed by atoms with Crippen LogP contribution in [0.4, 0.5) is 0 Å². The molecule has 1 aromatic carbocycles. The number of likely N-dealkylation sites (tertiary alicyclic amines) is 1. The van der Waals surface area contributed by atoms with Crippen molar-refractivity contribution in [3.63, 3.8) is 0 Å². The van der Waals surface area contributed by atoms with Gasteiger partial charge in [-0.1, -0.05) is 30.3 Å². The smallest absolute Gasteiger partial charge is 0.246 e. The Morgan fingerprint density at radius 1 is 1.25 bits per heavy atom. The van der Waals surface area contributed by atoms with Gasteiger partial charge in [0.15, 0.2) is 0 Å². The molecule has 0 saturated carbocycles. The van der Waals surface area contributed by atoms with E-state index < -0.39 is 29.9 Å². The standard InChI is InChI=1S/C22H26N6O4/c23-20(30)17-7-4-8-28(17)22(32)16(9-14-11-24-12-25-14)26-21(31)19-15(10-18(29)27-19)13-5-2-1-3-6-13/h1-3,5-6,11-12,15-17,19H,4,7-10H2,(H2,23,30)(H,24,25)(H,26,31)(H,27,29)/t15-,16+,17+,19+/m1/s1. The number of carbonyl (C=O) groups excluding carboxylic acids is 4. The molecule has 0 unspecified atom stereocenters. The number of hydrogen-bond acceptors (Lipinski definition) is 5. The van der Waals surface area contributed by atoms with Crippen LogP contribution >= 0.6 is 0 Å². The summed E-state index contributed by atoms with van der Waals surface area (Å²) in [6.45, 7) is 0.397. The van der Waals surface area contributed by atoms with Crippen molar-refractivity contribution in [3.8, 4) is 0 Å². The van der Waals surface area contributed by atoms with Crippen LogP contribution in [-0.4, -0.2) is 63.2 Å². The number of imidazole rings is 1. The topological polar surface area (TPSA) is 150 Å². The SMILES string of the molecule is NC(=O)[C@@H]1CCCN1C(=O)[C@H](Cc1cnc[nH]1)NC(=O)[C@H]1NC(=O)C[C@@H]1c1ccccc1. The summed E-state index contributed by atoms with van der Waals surface area (Å²) in [4.78, 5) is 58.8. The molecule has 32 heavy (non-hydrogen) atoms. The van der Waals surface area contributed by atoms with Crippen LogP contribution in [0.3, 0.4) is 0 Å². The molecule has 10 heteroatoms. The van der Waals surface area contributed by atoms with Crippen LogP contribution in [0.5, 0.6) is 0 Å². The average molecular weight is 438 g/mol. The molecule has 0 radical (unpaired) electrons. The fourth-order valence-corrected chi connectivity index (χ4v) is 4.51. The van der Waals surface area contributed by atoms with Crippen molar-refractivity contribution in [2.75, 3.05) is 6.54 Å². The summed E-state index contributed by atoms with van der Waals surface area (Å²) in [6, 6.07) is 6.91. The lowest BCUT2D eigenvalue weighted by atomic mass is 9.91. The lowest BCUT2D eigenvalue weighted by molar-refractivity contribution is -0.140. The summed E-state index contributed by atoms with van der Waals surface area (Å²) in [5.74, 6) is -1.94. The van der Waals surface area contributed by atoms with Crippen molar-refractivity contribution in [1.82, 2.24) is 25.5 Å². The second-order valence-electron chi connectivity index (χ2n) is 8.20. The molecule has 168 valence electrons. The Hall–Kier alpha value is -3.69. The highest BCUT2D eigenvalue weighted by molar-refractivity contribution is 5.96. The third kappa shape index (κ3) is 4.48. The monoisotopic (exact) mass is 438 g/mol. The Kier molecular flexibility index (Phi) is 6.20. The first kappa shape index (κ1) is 21.5. The second-order valence-corrected chi connectivity index (χ2v) is 8.20. The van der Waals surface area contributed by atoms with Gasteiger partial charge in [0.2, 0.25) is 23.6 Å². The van der Waals surface area contributed by atoms with Crippen LogP contribution in [-0.2, 0) is 25.6 Å². The summed E-state index contributed by atoms with van der Waals surface area (Å²) >= 11 is 0. The molecule has 2 saturated heterocycles. The predicted octanol–water partition coefficient (Wildman–Crippen LogP) is -0.414. The van der Waals surface area contributed by atoms with Crippen LogP contribution in [0.25, 0.3) is 0 Å². The largest absolute Gasteiger partial charge is 0.368 e. The van der Waals surface area contributed by atoms with Gasteiger partial charge in [-0.15, -0.1) is 0 Å². The minimum absolute atomic E-state index is 0.170. The van der Waals surface area contributed by atoms with E-state index in [0.717, 1.165) is 5.56 Å². The van der Waals surface area contributed by atoms with Gasteiger partial charge in [-0.2, -0.15) is 0 Å².